The number of halogens is 3. The lowest BCUT2D eigenvalue weighted by Crippen LogP contribution is -2.49. The van der Waals surface area contributed by atoms with E-state index in [1.807, 2.05) is 11.8 Å². The van der Waals surface area contributed by atoms with Gasteiger partial charge in [-0.3, -0.25) is 9.59 Å². The van der Waals surface area contributed by atoms with E-state index in [2.05, 4.69) is 15.5 Å². The summed E-state index contributed by atoms with van der Waals surface area (Å²) in [5.41, 5.74) is -1.28. The van der Waals surface area contributed by atoms with Crippen molar-refractivity contribution in [1.82, 2.24) is 20.4 Å². The first-order valence-electron chi connectivity index (χ1n) is 9.63. The van der Waals surface area contributed by atoms with Gasteiger partial charge >= 0.3 is 6.18 Å². The number of alkyl halides is 3. The van der Waals surface area contributed by atoms with Crippen LogP contribution in [-0.2, 0) is 6.18 Å². The second-order valence-corrected chi connectivity index (χ2v) is 7.78. The monoisotopic (exact) mass is 441 g/mol. The standard InChI is InChI=1S/C19H22F3N5O2S/c1-2-3-8-23-15(28)16-24-25-18(30-16)27-11-9-26(10-12-27)17(29)13-6-4-5-7-14(13)19(20,21)22/h4-7H,2-3,8-12H2,1H3,(H,23,28). The van der Waals surface area contributed by atoms with E-state index in [4.69, 9.17) is 0 Å². The summed E-state index contributed by atoms with van der Waals surface area (Å²) >= 11 is 1.16. The zero-order valence-corrected chi connectivity index (χ0v) is 17.2. The molecule has 2 aromatic rings. The van der Waals surface area contributed by atoms with Crippen molar-refractivity contribution in [1.29, 1.82) is 0 Å². The van der Waals surface area contributed by atoms with Gasteiger partial charge in [-0.15, -0.1) is 10.2 Å². The molecule has 0 bridgehead atoms. The molecule has 30 heavy (non-hydrogen) atoms. The summed E-state index contributed by atoms with van der Waals surface area (Å²) in [5, 5.41) is 11.6. The fourth-order valence-electron chi connectivity index (χ4n) is 3.08. The minimum atomic E-state index is -4.59. The fraction of sp³-hybridized carbons (Fsp3) is 0.474. The Morgan fingerprint density at radius 1 is 1.13 bits per heavy atom. The normalized spacial score (nSPS) is 14.7. The molecule has 0 radical (unpaired) electrons. The average Bonchev–Trinajstić information content (AvgIpc) is 3.23. The number of amides is 2. The van der Waals surface area contributed by atoms with Gasteiger partial charge in [-0.2, -0.15) is 13.2 Å². The Morgan fingerprint density at radius 2 is 1.83 bits per heavy atom. The van der Waals surface area contributed by atoms with Crippen LogP contribution in [-0.4, -0.2) is 59.6 Å². The third-order valence-electron chi connectivity index (χ3n) is 4.72. The summed E-state index contributed by atoms with van der Waals surface area (Å²) < 4.78 is 39.6. The number of piperazine rings is 1. The molecule has 0 spiro atoms. The number of carbonyl (C=O) groups excluding carboxylic acids is 2. The topological polar surface area (TPSA) is 78.4 Å². The molecule has 1 aliphatic heterocycles. The predicted molar refractivity (Wildman–Crippen MR) is 107 cm³/mol. The first-order chi connectivity index (χ1) is 14.3. The second kappa shape index (κ2) is 9.41. The molecule has 1 aromatic carbocycles. The van der Waals surface area contributed by atoms with Crippen molar-refractivity contribution in [3.63, 3.8) is 0 Å². The fourth-order valence-corrected chi connectivity index (χ4v) is 3.89. The Bertz CT molecular complexity index is 894. The number of carbonyl (C=O) groups is 2. The van der Waals surface area contributed by atoms with E-state index in [0.717, 1.165) is 30.2 Å². The van der Waals surface area contributed by atoms with Crippen LogP contribution in [0.3, 0.4) is 0 Å². The zero-order valence-electron chi connectivity index (χ0n) is 16.4. The van der Waals surface area contributed by atoms with Crippen molar-refractivity contribution in [3.05, 3.63) is 40.4 Å². The lowest BCUT2D eigenvalue weighted by atomic mass is 10.1. The number of unbranched alkanes of at least 4 members (excludes halogenated alkanes) is 1. The molecular weight excluding hydrogens is 419 g/mol. The van der Waals surface area contributed by atoms with E-state index in [1.165, 1.54) is 23.1 Å². The Labute approximate surface area is 175 Å². The minimum Gasteiger partial charge on any atom is -0.350 e. The molecule has 2 heterocycles. The maximum absolute atomic E-state index is 13.2. The van der Waals surface area contributed by atoms with Gasteiger partial charge in [0.15, 0.2) is 0 Å². The lowest BCUT2D eigenvalue weighted by molar-refractivity contribution is -0.138. The number of nitrogens with one attached hydrogen (secondary N) is 1. The molecular formula is C19H22F3N5O2S. The van der Waals surface area contributed by atoms with Crippen molar-refractivity contribution >= 4 is 28.3 Å². The van der Waals surface area contributed by atoms with Crippen LogP contribution < -0.4 is 10.2 Å². The van der Waals surface area contributed by atoms with Crippen LogP contribution in [0.1, 0.15) is 45.5 Å². The Morgan fingerprint density at radius 3 is 2.50 bits per heavy atom. The summed E-state index contributed by atoms with van der Waals surface area (Å²) in [6.45, 7) is 3.90. The first kappa shape index (κ1) is 22.0. The van der Waals surface area contributed by atoms with E-state index in [9.17, 15) is 22.8 Å². The van der Waals surface area contributed by atoms with Crippen molar-refractivity contribution in [2.75, 3.05) is 37.6 Å². The van der Waals surface area contributed by atoms with E-state index >= 15 is 0 Å². The molecule has 2 amide bonds. The minimum absolute atomic E-state index is 0.253. The van der Waals surface area contributed by atoms with Crippen molar-refractivity contribution in [2.45, 2.75) is 25.9 Å². The number of benzene rings is 1. The van der Waals surface area contributed by atoms with Crippen molar-refractivity contribution < 1.29 is 22.8 Å². The number of hydrogen-bond acceptors (Lipinski definition) is 6. The van der Waals surface area contributed by atoms with E-state index in [1.54, 1.807) is 0 Å². The number of rotatable bonds is 6. The Balaban J connectivity index is 1.61. The Kier molecular flexibility index (Phi) is 6.91. The van der Waals surface area contributed by atoms with Gasteiger partial charge in [-0.25, -0.2) is 0 Å². The molecule has 1 aliphatic rings. The predicted octanol–water partition coefficient (Wildman–Crippen LogP) is 3.05. The summed E-state index contributed by atoms with van der Waals surface area (Å²) in [5.74, 6) is -0.916. The molecule has 1 saturated heterocycles. The zero-order chi connectivity index (χ0) is 21.7. The van der Waals surface area contributed by atoms with Crippen LogP contribution in [0.25, 0.3) is 0 Å². The maximum Gasteiger partial charge on any atom is 0.417 e. The lowest BCUT2D eigenvalue weighted by Gasteiger charge is -2.34. The molecule has 0 atom stereocenters. The van der Waals surface area contributed by atoms with Gasteiger partial charge in [0.1, 0.15) is 0 Å². The van der Waals surface area contributed by atoms with Crippen LogP contribution in [0.15, 0.2) is 24.3 Å². The van der Waals surface area contributed by atoms with Gasteiger partial charge in [-0.05, 0) is 18.6 Å². The van der Waals surface area contributed by atoms with Crippen LogP contribution in [0.5, 0.6) is 0 Å². The highest BCUT2D eigenvalue weighted by molar-refractivity contribution is 7.17. The van der Waals surface area contributed by atoms with Gasteiger partial charge in [-0.1, -0.05) is 36.8 Å². The summed E-state index contributed by atoms with van der Waals surface area (Å²) in [6, 6.07) is 4.81. The van der Waals surface area contributed by atoms with Gasteiger partial charge < -0.3 is 15.1 Å². The molecule has 7 nitrogen and oxygen atoms in total. The number of anilines is 1. The highest BCUT2D eigenvalue weighted by atomic mass is 32.1. The third kappa shape index (κ3) is 5.07. The molecule has 3 rings (SSSR count). The van der Waals surface area contributed by atoms with Crippen molar-refractivity contribution in [3.8, 4) is 0 Å². The first-order valence-corrected chi connectivity index (χ1v) is 10.4. The number of aromatic nitrogens is 2. The summed E-state index contributed by atoms with van der Waals surface area (Å²) in [7, 11) is 0. The summed E-state index contributed by atoms with van der Waals surface area (Å²) in [4.78, 5) is 28.0. The summed E-state index contributed by atoms with van der Waals surface area (Å²) in [6.07, 6.45) is -2.74. The number of hydrogen-bond donors (Lipinski definition) is 1. The molecule has 0 saturated carbocycles. The van der Waals surface area contributed by atoms with Crippen LogP contribution in [0, 0.1) is 0 Å². The molecule has 1 fully saturated rings. The highest BCUT2D eigenvalue weighted by Gasteiger charge is 2.36. The SMILES string of the molecule is CCCCNC(=O)c1nnc(N2CCN(C(=O)c3ccccc3C(F)(F)F)CC2)s1. The highest BCUT2D eigenvalue weighted by Crippen LogP contribution is 2.32. The smallest absolute Gasteiger partial charge is 0.350 e. The Hall–Kier alpha value is -2.69. The van der Waals surface area contributed by atoms with Crippen LogP contribution >= 0.6 is 11.3 Å². The molecule has 0 unspecified atom stereocenters. The van der Waals surface area contributed by atoms with Gasteiger partial charge in [0, 0.05) is 32.7 Å². The van der Waals surface area contributed by atoms with Crippen LogP contribution in [0.4, 0.5) is 18.3 Å². The third-order valence-corrected chi connectivity index (χ3v) is 5.71. The average molecular weight is 441 g/mol. The van der Waals surface area contributed by atoms with Gasteiger partial charge in [0.05, 0.1) is 11.1 Å². The van der Waals surface area contributed by atoms with E-state index in [0.29, 0.717) is 24.8 Å². The van der Waals surface area contributed by atoms with Crippen molar-refractivity contribution in [2.24, 2.45) is 0 Å². The van der Waals surface area contributed by atoms with E-state index in [-0.39, 0.29) is 29.6 Å². The van der Waals surface area contributed by atoms with E-state index < -0.39 is 17.6 Å². The molecule has 0 aliphatic carbocycles. The van der Waals surface area contributed by atoms with Gasteiger partial charge in [0.25, 0.3) is 11.8 Å². The van der Waals surface area contributed by atoms with Gasteiger partial charge in [0.2, 0.25) is 10.1 Å². The second-order valence-electron chi connectivity index (χ2n) is 6.82. The maximum atomic E-state index is 13.2. The quantitative estimate of drug-likeness (QED) is 0.698. The largest absolute Gasteiger partial charge is 0.417 e. The molecule has 162 valence electrons. The molecule has 1 aromatic heterocycles. The molecule has 1 N–H and O–H groups in total. The molecule has 11 heteroatoms. The van der Waals surface area contributed by atoms with Crippen LogP contribution in [0.2, 0.25) is 0 Å². The number of nitrogens with zero attached hydrogens (tertiary/aromatic N) is 4.